The third kappa shape index (κ3) is 2.98. The second-order valence-electron chi connectivity index (χ2n) is 9.12. The van der Waals surface area contributed by atoms with Crippen molar-refractivity contribution in [3.8, 4) is 11.5 Å². The predicted molar refractivity (Wildman–Crippen MR) is 137 cm³/mol. The van der Waals surface area contributed by atoms with E-state index in [4.69, 9.17) is 13.9 Å². The van der Waals surface area contributed by atoms with Crippen LogP contribution in [0.2, 0.25) is 0 Å². The number of hydrogen-bond donors (Lipinski definition) is 0. The molecule has 8 nitrogen and oxygen atoms in total. The summed E-state index contributed by atoms with van der Waals surface area (Å²) in [5, 5.41) is 0.329. The van der Waals surface area contributed by atoms with Gasteiger partial charge in [0, 0.05) is 24.8 Å². The SMILES string of the molecule is COc1ccc(CCN2C(=O)c3oc4ccccc4c(=O)c3[C@]23C(=O)N(C)c2ccccc23)cc1OC. The van der Waals surface area contributed by atoms with Crippen LogP contribution in [0.1, 0.15) is 27.2 Å². The van der Waals surface area contributed by atoms with Gasteiger partial charge in [-0.3, -0.25) is 14.4 Å². The number of nitrogens with zero attached hydrogens (tertiary/aromatic N) is 2. The Hall–Kier alpha value is -4.59. The number of rotatable bonds is 5. The summed E-state index contributed by atoms with van der Waals surface area (Å²) in [6.45, 7) is 0.169. The molecule has 0 radical (unpaired) electrons. The molecule has 0 unspecified atom stereocenters. The molecule has 0 aliphatic carbocycles. The Morgan fingerprint density at radius 2 is 1.62 bits per heavy atom. The lowest BCUT2D eigenvalue weighted by molar-refractivity contribution is -0.125. The number of amides is 2. The molecule has 0 bridgehead atoms. The number of anilines is 1. The lowest BCUT2D eigenvalue weighted by Crippen LogP contribution is -2.53. The van der Waals surface area contributed by atoms with Gasteiger partial charge in [0.25, 0.3) is 11.8 Å². The van der Waals surface area contributed by atoms with Crippen molar-refractivity contribution in [3.63, 3.8) is 0 Å². The van der Waals surface area contributed by atoms with Gasteiger partial charge in [0.05, 0.1) is 25.2 Å². The van der Waals surface area contributed by atoms with Crippen molar-refractivity contribution < 1.29 is 23.5 Å². The maximum Gasteiger partial charge on any atom is 0.291 e. The van der Waals surface area contributed by atoms with Crippen molar-refractivity contribution >= 4 is 28.5 Å². The topological polar surface area (TPSA) is 89.3 Å². The zero-order valence-electron chi connectivity index (χ0n) is 20.6. The molecule has 2 aliphatic heterocycles. The average molecular weight is 497 g/mol. The largest absolute Gasteiger partial charge is 0.493 e. The molecule has 0 fully saturated rings. The summed E-state index contributed by atoms with van der Waals surface area (Å²) < 4.78 is 16.8. The summed E-state index contributed by atoms with van der Waals surface area (Å²) in [4.78, 5) is 45.0. The molecular formula is C29H24N2O6. The van der Waals surface area contributed by atoms with Crippen LogP contribution in [-0.4, -0.2) is 44.5 Å². The second kappa shape index (κ2) is 8.23. The van der Waals surface area contributed by atoms with Gasteiger partial charge in [-0.15, -0.1) is 0 Å². The Labute approximate surface area is 212 Å². The normalized spacial score (nSPS) is 18.0. The highest BCUT2D eigenvalue weighted by molar-refractivity contribution is 6.16. The molecular weight excluding hydrogens is 472 g/mol. The van der Waals surface area contributed by atoms with Crippen LogP contribution in [0.3, 0.4) is 0 Å². The summed E-state index contributed by atoms with van der Waals surface area (Å²) >= 11 is 0. The fraction of sp³-hybridized carbons (Fsp3) is 0.207. The van der Waals surface area contributed by atoms with E-state index in [0.29, 0.717) is 40.1 Å². The van der Waals surface area contributed by atoms with Gasteiger partial charge in [-0.1, -0.05) is 36.4 Å². The Bertz CT molecular complexity index is 1660. The van der Waals surface area contributed by atoms with Crippen molar-refractivity contribution in [1.29, 1.82) is 0 Å². The van der Waals surface area contributed by atoms with Crippen molar-refractivity contribution in [3.05, 3.63) is 99.4 Å². The van der Waals surface area contributed by atoms with Gasteiger partial charge >= 0.3 is 0 Å². The number of likely N-dealkylation sites (N-methyl/N-ethyl adjacent to an activating group) is 1. The molecule has 0 saturated carbocycles. The molecule has 2 amide bonds. The van der Waals surface area contributed by atoms with E-state index in [2.05, 4.69) is 0 Å². The molecule has 1 atom stereocenters. The summed E-state index contributed by atoms with van der Waals surface area (Å²) in [5.74, 6) is 0.216. The summed E-state index contributed by atoms with van der Waals surface area (Å²) in [6.07, 6.45) is 0.411. The highest BCUT2D eigenvalue weighted by Gasteiger charge is 2.64. The molecule has 3 heterocycles. The summed E-state index contributed by atoms with van der Waals surface area (Å²) in [6, 6.07) is 19.6. The number of methoxy groups -OCH3 is 2. The standard InChI is InChI=1S/C29H24N2O6/c1-30-20-10-6-5-9-19(20)29(28(30)34)24-25(32)18-8-4-7-11-21(18)37-26(24)27(33)31(29)15-14-17-12-13-22(35-2)23(16-17)36-3/h4-13,16H,14-15H2,1-3H3/t29-/m1/s1. The van der Waals surface area contributed by atoms with Crippen molar-refractivity contribution in [2.45, 2.75) is 12.0 Å². The van der Waals surface area contributed by atoms with E-state index in [9.17, 15) is 14.4 Å². The fourth-order valence-electron chi connectivity index (χ4n) is 5.62. The van der Waals surface area contributed by atoms with E-state index in [-0.39, 0.29) is 29.2 Å². The van der Waals surface area contributed by atoms with Crippen LogP contribution in [0.4, 0.5) is 5.69 Å². The van der Waals surface area contributed by atoms with Gasteiger partial charge in [0.1, 0.15) is 5.58 Å². The molecule has 186 valence electrons. The predicted octanol–water partition coefficient (Wildman–Crippen LogP) is 3.73. The van der Waals surface area contributed by atoms with Gasteiger partial charge in [-0.05, 0) is 42.3 Å². The van der Waals surface area contributed by atoms with E-state index in [1.54, 1.807) is 57.7 Å². The highest BCUT2D eigenvalue weighted by atomic mass is 16.5. The van der Waals surface area contributed by atoms with Crippen LogP contribution < -0.4 is 19.8 Å². The van der Waals surface area contributed by atoms with Crippen molar-refractivity contribution in [1.82, 2.24) is 4.90 Å². The molecule has 0 saturated heterocycles. The maximum atomic E-state index is 14.1. The minimum atomic E-state index is -1.61. The number of carbonyl (C=O) groups excluding carboxylic acids is 2. The third-order valence-electron chi connectivity index (χ3n) is 7.35. The molecule has 4 aromatic rings. The van der Waals surface area contributed by atoms with E-state index in [1.165, 1.54) is 9.80 Å². The first kappa shape index (κ1) is 22.8. The Kier molecular flexibility index (Phi) is 5.08. The van der Waals surface area contributed by atoms with E-state index >= 15 is 0 Å². The number of para-hydroxylation sites is 2. The quantitative estimate of drug-likeness (QED) is 0.418. The lowest BCUT2D eigenvalue weighted by atomic mass is 9.84. The van der Waals surface area contributed by atoms with Crippen LogP contribution in [-0.2, 0) is 16.8 Å². The van der Waals surface area contributed by atoms with Gasteiger partial charge in [0.15, 0.2) is 22.5 Å². The summed E-state index contributed by atoms with van der Waals surface area (Å²) in [7, 11) is 4.78. The minimum Gasteiger partial charge on any atom is -0.493 e. The van der Waals surface area contributed by atoms with Gasteiger partial charge in [0.2, 0.25) is 5.76 Å². The molecule has 8 heteroatoms. The monoisotopic (exact) mass is 496 g/mol. The first-order valence-electron chi connectivity index (χ1n) is 11.9. The zero-order chi connectivity index (χ0) is 25.9. The maximum absolute atomic E-state index is 14.1. The Morgan fingerprint density at radius 3 is 2.41 bits per heavy atom. The van der Waals surface area contributed by atoms with Gasteiger partial charge in [-0.2, -0.15) is 0 Å². The Balaban J connectivity index is 1.55. The number of fused-ring (bicyclic) bond motifs is 5. The molecule has 37 heavy (non-hydrogen) atoms. The van der Waals surface area contributed by atoms with Crippen LogP contribution >= 0.6 is 0 Å². The molecule has 6 rings (SSSR count). The molecule has 1 aromatic heterocycles. The van der Waals surface area contributed by atoms with Crippen molar-refractivity contribution in [2.75, 3.05) is 32.7 Å². The van der Waals surface area contributed by atoms with Crippen LogP contribution in [0.15, 0.2) is 75.9 Å². The number of benzene rings is 3. The molecule has 2 aliphatic rings. The molecule has 0 N–H and O–H groups in total. The number of ether oxygens (including phenoxy) is 2. The first-order valence-corrected chi connectivity index (χ1v) is 11.9. The fourth-order valence-corrected chi connectivity index (χ4v) is 5.62. The second-order valence-corrected chi connectivity index (χ2v) is 9.12. The first-order chi connectivity index (χ1) is 17.9. The molecule has 1 spiro atoms. The van der Waals surface area contributed by atoms with Crippen LogP contribution in [0, 0.1) is 0 Å². The van der Waals surface area contributed by atoms with Crippen LogP contribution in [0.25, 0.3) is 11.0 Å². The van der Waals surface area contributed by atoms with E-state index < -0.39 is 11.4 Å². The Morgan fingerprint density at radius 1 is 0.892 bits per heavy atom. The van der Waals surface area contributed by atoms with E-state index in [0.717, 1.165) is 5.56 Å². The zero-order valence-corrected chi connectivity index (χ0v) is 20.6. The van der Waals surface area contributed by atoms with Gasteiger partial charge in [-0.25, -0.2) is 0 Å². The molecule has 3 aromatic carbocycles. The smallest absolute Gasteiger partial charge is 0.291 e. The lowest BCUT2D eigenvalue weighted by Gasteiger charge is -2.34. The van der Waals surface area contributed by atoms with E-state index in [1.807, 2.05) is 30.3 Å². The minimum absolute atomic E-state index is 0.0744. The number of carbonyl (C=O) groups is 2. The van der Waals surface area contributed by atoms with Gasteiger partial charge < -0.3 is 23.7 Å². The number of hydrogen-bond acceptors (Lipinski definition) is 6. The van der Waals surface area contributed by atoms with Crippen molar-refractivity contribution in [2.24, 2.45) is 0 Å². The third-order valence-corrected chi connectivity index (χ3v) is 7.35. The van der Waals surface area contributed by atoms with Crippen LogP contribution in [0.5, 0.6) is 11.5 Å². The summed E-state index contributed by atoms with van der Waals surface area (Å²) in [5.41, 5.74) is 0.513. The highest BCUT2D eigenvalue weighted by Crippen LogP contribution is 2.52. The average Bonchev–Trinajstić information content (AvgIpc) is 3.31.